The SMILES string of the molecule is C[C@@H]1CCCC[C@H]1NC(=O)COC(=O)c1cc(-c2ccc(F)cc2)nc2ccccc12. The summed E-state index contributed by atoms with van der Waals surface area (Å²) < 4.78 is 18.6. The largest absolute Gasteiger partial charge is 0.452 e. The number of carbonyl (C=O) groups excluding carboxylic acids is 2. The summed E-state index contributed by atoms with van der Waals surface area (Å²) in [5.41, 5.74) is 2.16. The molecule has 1 amide bonds. The van der Waals surface area contributed by atoms with Crippen LogP contribution in [0.3, 0.4) is 0 Å². The number of esters is 1. The van der Waals surface area contributed by atoms with Crippen molar-refractivity contribution in [3.63, 3.8) is 0 Å². The molecular weight excluding hydrogens is 395 g/mol. The van der Waals surface area contributed by atoms with Gasteiger partial charge < -0.3 is 10.1 Å². The van der Waals surface area contributed by atoms with E-state index in [1.54, 1.807) is 30.3 Å². The van der Waals surface area contributed by atoms with Gasteiger partial charge in [-0.2, -0.15) is 0 Å². The van der Waals surface area contributed by atoms with Gasteiger partial charge in [-0.15, -0.1) is 0 Å². The Balaban J connectivity index is 1.52. The van der Waals surface area contributed by atoms with Gasteiger partial charge in [0.1, 0.15) is 5.82 Å². The van der Waals surface area contributed by atoms with Gasteiger partial charge in [0.05, 0.1) is 16.8 Å². The number of ether oxygens (including phenoxy) is 1. The number of para-hydroxylation sites is 1. The number of hydrogen-bond donors (Lipinski definition) is 1. The minimum atomic E-state index is -0.589. The number of fused-ring (bicyclic) bond motifs is 1. The number of nitrogens with zero attached hydrogens (tertiary/aromatic N) is 1. The highest BCUT2D eigenvalue weighted by Gasteiger charge is 2.23. The number of carbonyl (C=O) groups is 2. The van der Waals surface area contributed by atoms with E-state index < -0.39 is 5.97 Å². The lowest BCUT2D eigenvalue weighted by Crippen LogP contribution is -2.42. The van der Waals surface area contributed by atoms with E-state index in [0.717, 1.165) is 19.3 Å². The maximum Gasteiger partial charge on any atom is 0.339 e. The number of nitrogens with one attached hydrogen (secondary N) is 1. The van der Waals surface area contributed by atoms with Crippen molar-refractivity contribution in [3.8, 4) is 11.3 Å². The predicted octanol–water partition coefficient (Wildman–Crippen LogP) is 4.89. The highest BCUT2D eigenvalue weighted by molar-refractivity contribution is 6.05. The molecule has 1 aliphatic carbocycles. The highest BCUT2D eigenvalue weighted by Crippen LogP contribution is 2.26. The molecule has 1 aromatic heterocycles. The summed E-state index contributed by atoms with van der Waals surface area (Å²) in [6.07, 6.45) is 4.34. The molecule has 6 heteroatoms. The van der Waals surface area contributed by atoms with Crippen LogP contribution in [0.25, 0.3) is 22.2 Å². The fraction of sp³-hybridized carbons (Fsp3) is 0.320. The fourth-order valence-electron chi connectivity index (χ4n) is 4.10. The van der Waals surface area contributed by atoms with Crippen LogP contribution in [-0.4, -0.2) is 29.5 Å². The summed E-state index contributed by atoms with van der Waals surface area (Å²) in [5, 5.41) is 3.63. The van der Waals surface area contributed by atoms with Crippen LogP contribution in [-0.2, 0) is 9.53 Å². The third-order valence-corrected chi connectivity index (χ3v) is 5.87. The van der Waals surface area contributed by atoms with Crippen molar-refractivity contribution in [1.82, 2.24) is 10.3 Å². The zero-order valence-electron chi connectivity index (χ0n) is 17.4. The number of aromatic nitrogens is 1. The first-order valence-electron chi connectivity index (χ1n) is 10.6. The second-order valence-electron chi connectivity index (χ2n) is 8.09. The standard InChI is InChI=1S/C25H25FN2O3/c1-16-6-2-4-8-21(16)28-24(29)15-31-25(30)20-14-23(17-10-12-18(26)13-11-17)27-22-9-5-3-7-19(20)22/h3,5,7,9-14,16,21H,2,4,6,8,15H2,1H3,(H,28,29)/t16-,21-/m1/s1. The zero-order chi connectivity index (χ0) is 21.8. The van der Waals surface area contributed by atoms with Crippen molar-refractivity contribution in [1.29, 1.82) is 0 Å². The van der Waals surface area contributed by atoms with Gasteiger partial charge in [-0.25, -0.2) is 14.2 Å². The summed E-state index contributed by atoms with van der Waals surface area (Å²) in [5.74, 6) is -0.795. The molecule has 1 saturated carbocycles. The lowest BCUT2D eigenvalue weighted by molar-refractivity contribution is -0.125. The molecule has 5 nitrogen and oxygen atoms in total. The molecular formula is C25H25FN2O3. The molecule has 1 N–H and O–H groups in total. The minimum absolute atomic E-state index is 0.131. The number of hydrogen-bond acceptors (Lipinski definition) is 4. The summed E-state index contributed by atoms with van der Waals surface area (Å²) in [4.78, 5) is 29.8. The predicted molar refractivity (Wildman–Crippen MR) is 117 cm³/mol. The van der Waals surface area contributed by atoms with Gasteiger partial charge in [0.25, 0.3) is 5.91 Å². The number of amides is 1. The number of rotatable bonds is 5. The first-order chi connectivity index (χ1) is 15.0. The van der Waals surface area contributed by atoms with Gasteiger partial charge in [0, 0.05) is 17.0 Å². The van der Waals surface area contributed by atoms with Crippen molar-refractivity contribution in [2.45, 2.75) is 38.6 Å². The molecule has 0 unspecified atom stereocenters. The van der Waals surface area contributed by atoms with Crippen LogP contribution in [0.2, 0.25) is 0 Å². The van der Waals surface area contributed by atoms with Gasteiger partial charge >= 0.3 is 5.97 Å². The Morgan fingerprint density at radius 2 is 1.84 bits per heavy atom. The minimum Gasteiger partial charge on any atom is -0.452 e. The van der Waals surface area contributed by atoms with Crippen LogP contribution in [0.15, 0.2) is 54.6 Å². The van der Waals surface area contributed by atoms with E-state index in [-0.39, 0.29) is 24.4 Å². The smallest absolute Gasteiger partial charge is 0.339 e. The average molecular weight is 420 g/mol. The topological polar surface area (TPSA) is 68.3 Å². The zero-order valence-corrected chi connectivity index (χ0v) is 17.4. The maximum atomic E-state index is 13.3. The quantitative estimate of drug-likeness (QED) is 0.597. The molecule has 160 valence electrons. The fourth-order valence-corrected chi connectivity index (χ4v) is 4.10. The van der Waals surface area contributed by atoms with Crippen molar-refractivity contribution in [2.24, 2.45) is 5.92 Å². The molecule has 0 saturated heterocycles. The summed E-state index contributed by atoms with van der Waals surface area (Å²) in [6.45, 7) is 1.81. The normalized spacial score (nSPS) is 18.5. The molecule has 1 heterocycles. The Morgan fingerprint density at radius 3 is 2.61 bits per heavy atom. The number of benzene rings is 2. The summed E-state index contributed by atoms with van der Waals surface area (Å²) in [7, 11) is 0. The molecule has 0 radical (unpaired) electrons. The Labute approximate surface area is 180 Å². The molecule has 4 rings (SSSR count). The number of halogens is 1. The third kappa shape index (κ3) is 4.90. The van der Waals surface area contributed by atoms with Gasteiger partial charge in [0.2, 0.25) is 0 Å². The lowest BCUT2D eigenvalue weighted by atomic mass is 9.86. The van der Waals surface area contributed by atoms with E-state index in [1.165, 1.54) is 18.6 Å². The Kier molecular flexibility index (Phi) is 6.26. The molecule has 31 heavy (non-hydrogen) atoms. The van der Waals surface area contributed by atoms with Crippen molar-refractivity contribution < 1.29 is 18.7 Å². The van der Waals surface area contributed by atoms with Gasteiger partial charge in [0.15, 0.2) is 6.61 Å². The van der Waals surface area contributed by atoms with Crippen LogP contribution >= 0.6 is 0 Å². The van der Waals surface area contributed by atoms with Crippen molar-refractivity contribution in [3.05, 3.63) is 66.0 Å². The first-order valence-corrected chi connectivity index (χ1v) is 10.6. The van der Waals surface area contributed by atoms with Gasteiger partial charge in [-0.05, 0) is 55.2 Å². The second kappa shape index (κ2) is 9.25. The Morgan fingerprint density at radius 1 is 1.10 bits per heavy atom. The average Bonchev–Trinajstić information content (AvgIpc) is 2.79. The second-order valence-corrected chi connectivity index (χ2v) is 8.09. The Hall–Kier alpha value is -3.28. The molecule has 1 fully saturated rings. The van der Waals surface area contributed by atoms with Crippen LogP contribution < -0.4 is 5.32 Å². The molecule has 0 bridgehead atoms. The van der Waals surface area contributed by atoms with Crippen molar-refractivity contribution in [2.75, 3.05) is 6.61 Å². The summed E-state index contributed by atoms with van der Waals surface area (Å²) in [6, 6.07) is 14.9. The third-order valence-electron chi connectivity index (χ3n) is 5.87. The lowest BCUT2D eigenvalue weighted by Gasteiger charge is -2.29. The first kappa shape index (κ1) is 21.0. The van der Waals surface area contributed by atoms with Crippen LogP contribution in [0.4, 0.5) is 4.39 Å². The van der Waals surface area contributed by atoms with Crippen LogP contribution in [0.5, 0.6) is 0 Å². The molecule has 1 aliphatic rings. The Bertz CT molecular complexity index is 1100. The van der Waals surface area contributed by atoms with E-state index in [0.29, 0.717) is 33.6 Å². The molecule has 2 atom stereocenters. The van der Waals surface area contributed by atoms with E-state index in [1.807, 2.05) is 12.1 Å². The summed E-state index contributed by atoms with van der Waals surface area (Å²) >= 11 is 0. The van der Waals surface area contributed by atoms with E-state index in [2.05, 4.69) is 17.2 Å². The molecule has 0 aliphatic heterocycles. The van der Waals surface area contributed by atoms with Crippen LogP contribution in [0.1, 0.15) is 43.0 Å². The van der Waals surface area contributed by atoms with Crippen LogP contribution in [0, 0.1) is 11.7 Å². The van der Waals surface area contributed by atoms with E-state index >= 15 is 0 Å². The molecule has 2 aromatic carbocycles. The van der Waals surface area contributed by atoms with E-state index in [9.17, 15) is 14.0 Å². The van der Waals surface area contributed by atoms with E-state index in [4.69, 9.17) is 4.74 Å². The maximum absolute atomic E-state index is 13.3. The monoisotopic (exact) mass is 420 g/mol. The molecule has 0 spiro atoms. The number of pyridine rings is 1. The van der Waals surface area contributed by atoms with Gasteiger partial charge in [-0.1, -0.05) is 38.0 Å². The highest BCUT2D eigenvalue weighted by atomic mass is 19.1. The van der Waals surface area contributed by atoms with Gasteiger partial charge in [-0.3, -0.25) is 4.79 Å². The van der Waals surface area contributed by atoms with Crippen molar-refractivity contribution >= 4 is 22.8 Å². The molecule has 3 aromatic rings.